The Hall–Kier alpha value is -0.750. The van der Waals surface area contributed by atoms with E-state index in [1.54, 1.807) is 6.07 Å². The van der Waals surface area contributed by atoms with Crippen LogP contribution in [0.25, 0.3) is 0 Å². The summed E-state index contributed by atoms with van der Waals surface area (Å²) in [5, 5.41) is 2.92. The van der Waals surface area contributed by atoms with E-state index in [1.165, 1.54) is 51.6 Å². The van der Waals surface area contributed by atoms with Crippen molar-refractivity contribution in [1.29, 1.82) is 0 Å². The molecule has 1 aromatic heterocycles. The number of nitrogens with two attached hydrogens (primary N) is 1. The zero-order chi connectivity index (χ0) is 14.9. The van der Waals surface area contributed by atoms with Crippen molar-refractivity contribution >= 4 is 30.7 Å². The third-order valence-corrected chi connectivity index (χ3v) is 4.00. The first-order chi connectivity index (χ1) is 10.3. The molecule has 0 saturated carbocycles. The predicted octanol–water partition coefficient (Wildman–Crippen LogP) is 2.97. The maximum absolute atomic E-state index is 11.8. The number of furan rings is 1. The number of hydrogen-bond acceptors (Lipinski definition) is 4. The zero-order valence-corrected chi connectivity index (χ0v) is 15.2. The standard InChI is InChI=1S/C16H27N3O2.2ClH/c17-12-15-11-14(13-21-15)16(20)18-7-3-1-4-8-19-9-5-2-6-10-19;;/h11,13H,1-10,12,17H2,(H,18,20);2*1H. The fourth-order valence-corrected chi connectivity index (χ4v) is 2.73. The van der Waals surface area contributed by atoms with Crippen molar-refractivity contribution in [2.45, 2.75) is 45.1 Å². The fourth-order valence-electron chi connectivity index (χ4n) is 2.73. The molecule has 0 aromatic carbocycles. The van der Waals surface area contributed by atoms with E-state index in [4.69, 9.17) is 10.2 Å². The van der Waals surface area contributed by atoms with Gasteiger partial charge in [-0.2, -0.15) is 0 Å². The molecule has 0 unspecified atom stereocenters. The third kappa shape index (κ3) is 8.06. The molecular weight excluding hydrogens is 337 g/mol. The van der Waals surface area contributed by atoms with Crippen molar-refractivity contribution in [2.75, 3.05) is 26.2 Å². The average molecular weight is 366 g/mol. The number of amides is 1. The number of piperidine rings is 1. The lowest BCUT2D eigenvalue weighted by Crippen LogP contribution is -2.30. The van der Waals surface area contributed by atoms with Crippen molar-refractivity contribution < 1.29 is 9.21 Å². The van der Waals surface area contributed by atoms with Crippen molar-refractivity contribution in [3.05, 3.63) is 23.7 Å². The van der Waals surface area contributed by atoms with Crippen molar-refractivity contribution in [1.82, 2.24) is 10.2 Å². The average Bonchev–Trinajstić information content (AvgIpc) is 3.00. The first kappa shape index (κ1) is 22.2. The van der Waals surface area contributed by atoms with Gasteiger partial charge in [-0.3, -0.25) is 4.79 Å². The van der Waals surface area contributed by atoms with Gasteiger partial charge in [0.1, 0.15) is 12.0 Å². The minimum atomic E-state index is -0.0746. The Labute approximate surface area is 151 Å². The number of hydrogen-bond donors (Lipinski definition) is 2. The Morgan fingerprint density at radius 2 is 1.91 bits per heavy atom. The van der Waals surface area contributed by atoms with Crippen molar-refractivity contribution in [2.24, 2.45) is 5.73 Å². The maximum atomic E-state index is 11.8. The second kappa shape index (κ2) is 12.6. The molecule has 3 N–H and O–H groups in total. The van der Waals surface area contributed by atoms with E-state index in [0.717, 1.165) is 19.4 Å². The minimum Gasteiger partial charge on any atom is -0.467 e. The number of halogens is 2. The van der Waals surface area contributed by atoms with E-state index in [0.29, 0.717) is 17.9 Å². The molecule has 1 aromatic rings. The van der Waals surface area contributed by atoms with Gasteiger partial charge in [-0.05, 0) is 51.4 Å². The summed E-state index contributed by atoms with van der Waals surface area (Å²) in [6, 6.07) is 1.70. The summed E-state index contributed by atoms with van der Waals surface area (Å²) in [5.41, 5.74) is 6.01. The summed E-state index contributed by atoms with van der Waals surface area (Å²) in [6.45, 7) is 4.78. The van der Waals surface area contributed by atoms with Crippen LogP contribution >= 0.6 is 24.8 Å². The Morgan fingerprint density at radius 3 is 2.57 bits per heavy atom. The van der Waals surface area contributed by atoms with Gasteiger partial charge in [0.05, 0.1) is 12.1 Å². The number of nitrogens with zero attached hydrogens (tertiary/aromatic N) is 1. The molecule has 134 valence electrons. The molecule has 7 heteroatoms. The summed E-state index contributed by atoms with van der Waals surface area (Å²) < 4.78 is 5.16. The van der Waals surface area contributed by atoms with E-state index in [-0.39, 0.29) is 30.7 Å². The van der Waals surface area contributed by atoms with E-state index >= 15 is 0 Å². The first-order valence-electron chi connectivity index (χ1n) is 8.07. The van der Waals surface area contributed by atoms with E-state index in [1.807, 2.05) is 0 Å². The van der Waals surface area contributed by atoms with E-state index < -0.39 is 0 Å². The van der Waals surface area contributed by atoms with Crippen LogP contribution in [-0.4, -0.2) is 37.0 Å². The van der Waals surface area contributed by atoms with Gasteiger partial charge in [-0.1, -0.05) is 12.8 Å². The number of unbranched alkanes of at least 4 members (excludes halogenated alkanes) is 2. The highest BCUT2D eigenvalue weighted by Crippen LogP contribution is 2.10. The Morgan fingerprint density at radius 1 is 1.17 bits per heavy atom. The molecule has 1 fully saturated rings. The van der Waals surface area contributed by atoms with Gasteiger partial charge in [0.15, 0.2) is 0 Å². The minimum absolute atomic E-state index is 0. The summed E-state index contributed by atoms with van der Waals surface area (Å²) in [5.74, 6) is 0.566. The molecular formula is C16H29Cl2N3O2. The van der Waals surface area contributed by atoms with Crippen LogP contribution < -0.4 is 11.1 Å². The smallest absolute Gasteiger partial charge is 0.254 e. The van der Waals surface area contributed by atoms with Crippen LogP contribution in [-0.2, 0) is 6.54 Å². The maximum Gasteiger partial charge on any atom is 0.254 e. The molecule has 1 saturated heterocycles. The van der Waals surface area contributed by atoms with Crippen LogP contribution in [0.5, 0.6) is 0 Å². The van der Waals surface area contributed by atoms with Gasteiger partial charge in [-0.15, -0.1) is 24.8 Å². The largest absolute Gasteiger partial charge is 0.467 e. The lowest BCUT2D eigenvalue weighted by molar-refractivity contribution is 0.0952. The molecule has 23 heavy (non-hydrogen) atoms. The Balaban J connectivity index is 0.00000242. The number of carbonyl (C=O) groups excluding carboxylic acids is 1. The molecule has 0 radical (unpaired) electrons. The van der Waals surface area contributed by atoms with Crippen LogP contribution in [0, 0.1) is 0 Å². The molecule has 0 aliphatic carbocycles. The zero-order valence-electron chi connectivity index (χ0n) is 13.6. The van der Waals surface area contributed by atoms with Gasteiger partial charge in [0, 0.05) is 6.54 Å². The number of rotatable bonds is 8. The highest BCUT2D eigenvalue weighted by atomic mass is 35.5. The Kier molecular flexibility index (Phi) is 12.2. The summed E-state index contributed by atoms with van der Waals surface area (Å²) in [7, 11) is 0. The number of likely N-dealkylation sites (tertiary alicyclic amines) is 1. The second-order valence-corrected chi connectivity index (χ2v) is 5.72. The number of carbonyl (C=O) groups is 1. The highest BCUT2D eigenvalue weighted by molar-refractivity contribution is 5.93. The number of nitrogens with one attached hydrogen (secondary N) is 1. The SMILES string of the molecule is Cl.Cl.NCc1cc(C(=O)NCCCCCN2CCCCC2)co1. The van der Waals surface area contributed by atoms with Crippen LogP contribution in [0.4, 0.5) is 0 Å². The van der Waals surface area contributed by atoms with Gasteiger partial charge < -0.3 is 20.4 Å². The molecule has 1 aliphatic rings. The van der Waals surface area contributed by atoms with Crippen molar-refractivity contribution in [3.8, 4) is 0 Å². The molecule has 1 aliphatic heterocycles. The van der Waals surface area contributed by atoms with Gasteiger partial charge in [0.2, 0.25) is 0 Å². The monoisotopic (exact) mass is 365 g/mol. The third-order valence-electron chi connectivity index (χ3n) is 4.00. The first-order valence-corrected chi connectivity index (χ1v) is 8.07. The lowest BCUT2D eigenvalue weighted by atomic mass is 10.1. The van der Waals surface area contributed by atoms with E-state index in [9.17, 15) is 4.79 Å². The highest BCUT2D eigenvalue weighted by Gasteiger charge is 2.10. The van der Waals surface area contributed by atoms with Crippen LogP contribution in [0.3, 0.4) is 0 Å². The fraction of sp³-hybridized carbons (Fsp3) is 0.688. The summed E-state index contributed by atoms with van der Waals surface area (Å²) in [6.07, 6.45) is 8.98. The van der Waals surface area contributed by atoms with Crippen LogP contribution in [0.1, 0.15) is 54.6 Å². The van der Waals surface area contributed by atoms with Crippen molar-refractivity contribution in [3.63, 3.8) is 0 Å². The van der Waals surface area contributed by atoms with E-state index in [2.05, 4.69) is 10.2 Å². The molecule has 5 nitrogen and oxygen atoms in total. The molecule has 2 heterocycles. The van der Waals surface area contributed by atoms with Gasteiger partial charge >= 0.3 is 0 Å². The predicted molar refractivity (Wildman–Crippen MR) is 97.6 cm³/mol. The van der Waals surface area contributed by atoms with Gasteiger partial charge in [0.25, 0.3) is 5.91 Å². The van der Waals surface area contributed by atoms with Gasteiger partial charge in [-0.25, -0.2) is 0 Å². The molecule has 0 atom stereocenters. The lowest BCUT2D eigenvalue weighted by Gasteiger charge is -2.26. The topological polar surface area (TPSA) is 71.5 Å². The molecule has 2 rings (SSSR count). The van der Waals surface area contributed by atoms with Crippen LogP contribution in [0.2, 0.25) is 0 Å². The quantitative estimate of drug-likeness (QED) is 0.694. The molecule has 0 spiro atoms. The van der Waals surface area contributed by atoms with Crippen LogP contribution in [0.15, 0.2) is 16.7 Å². The normalized spacial score (nSPS) is 14.7. The Bertz CT molecular complexity index is 435. The summed E-state index contributed by atoms with van der Waals surface area (Å²) >= 11 is 0. The molecule has 0 bridgehead atoms. The summed E-state index contributed by atoms with van der Waals surface area (Å²) in [4.78, 5) is 14.4. The molecule has 1 amide bonds. The second-order valence-electron chi connectivity index (χ2n) is 5.72.